The monoisotopic (exact) mass is 246 g/mol. The molecule has 0 atom stereocenters. The lowest BCUT2D eigenvalue weighted by Gasteiger charge is -2.08. The minimum Gasteiger partial charge on any atom is -0.0767 e. The Hall–Kier alpha value is -0.780. The van der Waals surface area contributed by atoms with Crippen molar-refractivity contribution in [1.82, 2.24) is 0 Å². The number of hydrogen-bond donors (Lipinski definition) is 0. The fourth-order valence-electron chi connectivity index (χ4n) is 3.23. The van der Waals surface area contributed by atoms with Gasteiger partial charge in [-0.1, -0.05) is 53.5 Å². The van der Waals surface area contributed by atoms with E-state index < -0.39 is 0 Å². The van der Waals surface area contributed by atoms with Crippen molar-refractivity contribution >= 4 is 0 Å². The number of hydrogen-bond acceptors (Lipinski definition) is 0. The molecule has 0 aromatic heterocycles. The average molecular weight is 246 g/mol. The Morgan fingerprint density at radius 2 is 1.11 bits per heavy atom. The first kappa shape index (κ1) is 15.3. The van der Waals surface area contributed by atoms with Crippen LogP contribution < -0.4 is 0 Å². The fraction of sp³-hybridized carbons (Fsp3) is 0.667. The van der Waals surface area contributed by atoms with Crippen LogP contribution in [0.1, 0.15) is 79.6 Å². The molecule has 0 aromatic rings. The highest BCUT2D eigenvalue weighted by atomic mass is 14.3. The standard InChI is InChI=1S/C18H30/c1-6-11-12-13-18-16(9-4)14(7-2)15(8-3)17(18)10-5/h13H,6-12H2,1-5H3. The maximum Gasteiger partial charge on any atom is -0.0227 e. The second kappa shape index (κ2) is 7.61. The zero-order chi connectivity index (χ0) is 13.5. The van der Waals surface area contributed by atoms with Gasteiger partial charge in [-0.2, -0.15) is 0 Å². The Balaban J connectivity index is 3.16. The van der Waals surface area contributed by atoms with Gasteiger partial charge >= 0.3 is 0 Å². The van der Waals surface area contributed by atoms with Gasteiger partial charge in [-0.25, -0.2) is 0 Å². The Morgan fingerprint density at radius 3 is 1.44 bits per heavy atom. The molecule has 0 aliphatic heterocycles. The van der Waals surface area contributed by atoms with E-state index in [4.69, 9.17) is 0 Å². The molecule has 0 heterocycles. The summed E-state index contributed by atoms with van der Waals surface area (Å²) in [6.45, 7) is 11.5. The molecule has 0 N–H and O–H groups in total. The van der Waals surface area contributed by atoms with Crippen molar-refractivity contribution in [1.29, 1.82) is 0 Å². The quantitative estimate of drug-likeness (QED) is 0.459. The van der Waals surface area contributed by atoms with Crippen LogP contribution in [0.5, 0.6) is 0 Å². The Labute approximate surface area is 114 Å². The molecule has 18 heavy (non-hydrogen) atoms. The summed E-state index contributed by atoms with van der Waals surface area (Å²) in [6, 6.07) is 0. The van der Waals surface area contributed by atoms with Crippen LogP contribution in [-0.4, -0.2) is 0 Å². The van der Waals surface area contributed by atoms with Crippen LogP contribution in [-0.2, 0) is 0 Å². The molecule has 0 heteroatoms. The molecule has 0 fully saturated rings. The van der Waals surface area contributed by atoms with Gasteiger partial charge in [0.15, 0.2) is 0 Å². The summed E-state index contributed by atoms with van der Waals surface area (Å²) >= 11 is 0. The molecule has 1 aliphatic carbocycles. The Morgan fingerprint density at radius 1 is 0.667 bits per heavy atom. The van der Waals surface area contributed by atoms with Crippen molar-refractivity contribution in [2.45, 2.75) is 79.6 Å². The number of rotatable bonds is 7. The van der Waals surface area contributed by atoms with Crippen LogP contribution in [0.4, 0.5) is 0 Å². The normalized spacial score (nSPS) is 15.9. The van der Waals surface area contributed by atoms with Crippen molar-refractivity contribution in [3.63, 3.8) is 0 Å². The predicted molar refractivity (Wildman–Crippen MR) is 82.8 cm³/mol. The summed E-state index contributed by atoms with van der Waals surface area (Å²) < 4.78 is 0. The summed E-state index contributed by atoms with van der Waals surface area (Å²) in [7, 11) is 0. The first-order valence-corrected chi connectivity index (χ1v) is 7.90. The predicted octanol–water partition coefficient (Wildman–Crippen LogP) is 6.35. The minimum absolute atomic E-state index is 1.19. The van der Waals surface area contributed by atoms with E-state index in [1.807, 2.05) is 0 Å². The molecule has 1 aliphatic rings. The highest BCUT2D eigenvalue weighted by molar-refractivity contribution is 5.63. The van der Waals surface area contributed by atoms with Crippen LogP contribution in [0.2, 0.25) is 0 Å². The molecule has 0 spiro atoms. The molecule has 0 nitrogen and oxygen atoms in total. The van der Waals surface area contributed by atoms with Crippen LogP contribution in [0.3, 0.4) is 0 Å². The van der Waals surface area contributed by atoms with Gasteiger partial charge in [-0.05, 0) is 60.0 Å². The maximum atomic E-state index is 2.51. The second-order valence-electron chi connectivity index (χ2n) is 5.09. The van der Waals surface area contributed by atoms with Gasteiger partial charge < -0.3 is 0 Å². The van der Waals surface area contributed by atoms with Crippen molar-refractivity contribution in [2.75, 3.05) is 0 Å². The van der Waals surface area contributed by atoms with Gasteiger partial charge in [-0.15, -0.1) is 0 Å². The maximum absolute atomic E-state index is 2.51. The molecule has 102 valence electrons. The molecule has 1 rings (SSSR count). The van der Waals surface area contributed by atoms with Gasteiger partial charge in [0.25, 0.3) is 0 Å². The highest BCUT2D eigenvalue weighted by Crippen LogP contribution is 2.43. The van der Waals surface area contributed by atoms with E-state index in [1.165, 1.54) is 44.9 Å². The van der Waals surface area contributed by atoms with Gasteiger partial charge in [0, 0.05) is 0 Å². The van der Waals surface area contributed by atoms with Crippen LogP contribution in [0, 0.1) is 0 Å². The molecule has 0 unspecified atom stereocenters. The average Bonchev–Trinajstić information content (AvgIpc) is 2.70. The van der Waals surface area contributed by atoms with Crippen LogP contribution in [0.15, 0.2) is 33.9 Å². The molecular weight excluding hydrogens is 216 g/mol. The zero-order valence-electron chi connectivity index (χ0n) is 13.0. The minimum atomic E-state index is 1.19. The lowest BCUT2D eigenvalue weighted by atomic mass is 9.96. The topological polar surface area (TPSA) is 0 Å². The summed E-state index contributed by atoms with van der Waals surface area (Å²) in [5, 5.41) is 0. The molecule has 0 aromatic carbocycles. The third-order valence-corrected chi connectivity index (χ3v) is 4.06. The van der Waals surface area contributed by atoms with Crippen molar-refractivity contribution < 1.29 is 0 Å². The third kappa shape index (κ3) is 2.96. The SMILES string of the molecule is CCCCC=C1C(CC)=C(CC)C(CC)=C1CC. The van der Waals surface area contributed by atoms with Gasteiger partial charge in [0.2, 0.25) is 0 Å². The van der Waals surface area contributed by atoms with Gasteiger partial charge in [-0.3, -0.25) is 0 Å². The van der Waals surface area contributed by atoms with Crippen LogP contribution >= 0.6 is 0 Å². The fourth-order valence-corrected chi connectivity index (χ4v) is 3.23. The van der Waals surface area contributed by atoms with E-state index in [-0.39, 0.29) is 0 Å². The highest BCUT2D eigenvalue weighted by Gasteiger charge is 2.24. The van der Waals surface area contributed by atoms with Crippen LogP contribution in [0.25, 0.3) is 0 Å². The van der Waals surface area contributed by atoms with E-state index in [9.17, 15) is 0 Å². The molecule has 0 radical (unpaired) electrons. The summed E-state index contributed by atoms with van der Waals surface area (Å²) in [5.41, 5.74) is 8.19. The molecule has 0 saturated carbocycles. The first-order valence-electron chi connectivity index (χ1n) is 7.90. The summed E-state index contributed by atoms with van der Waals surface area (Å²) in [5.74, 6) is 0. The van der Waals surface area contributed by atoms with Gasteiger partial charge in [0.1, 0.15) is 0 Å². The van der Waals surface area contributed by atoms with E-state index in [0.29, 0.717) is 0 Å². The van der Waals surface area contributed by atoms with E-state index in [0.717, 1.165) is 0 Å². The largest absolute Gasteiger partial charge is 0.0767 e. The number of unbranched alkanes of at least 4 members (excludes halogenated alkanes) is 2. The van der Waals surface area contributed by atoms with Gasteiger partial charge in [0.05, 0.1) is 0 Å². The second-order valence-corrected chi connectivity index (χ2v) is 5.09. The van der Waals surface area contributed by atoms with Crippen molar-refractivity contribution in [3.05, 3.63) is 33.9 Å². The Bertz CT molecular complexity index is 333. The van der Waals surface area contributed by atoms with Crippen molar-refractivity contribution in [2.24, 2.45) is 0 Å². The van der Waals surface area contributed by atoms with E-state index in [2.05, 4.69) is 40.7 Å². The van der Waals surface area contributed by atoms with Crippen molar-refractivity contribution in [3.8, 4) is 0 Å². The number of allylic oxidation sites excluding steroid dienone is 6. The molecule has 0 bridgehead atoms. The summed E-state index contributed by atoms with van der Waals surface area (Å²) in [6.07, 6.45) is 11.1. The van der Waals surface area contributed by atoms with E-state index in [1.54, 1.807) is 27.9 Å². The Kier molecular flexibility index (Phi) is 6.46. The molecular formula is C18H30. The first-order chi connectivity index (χ1) is 8.74. The lowest BCUT2D eigenvalue weighted by molar-refractivity contribution is 0.810. The third-order valence-electron chi connectivity index (χ3n) is 4.06. The zero-order valence-corrected chi connectivity index (χ0v) is 13.0. The lowest BCUT2D eigenvalue weighted by Crippen LogP contribution is -1.90. The molecule has 0 amide bonds. The van der Waals surface area contributed by atoms with E-state index >= 15 is 0 Å². The smallest absolute Gasteiger partial charge is 0.0227 e. The summed E-state index contributed by atoms with van der Waals surface area (Å²) in [4.78, 5) is 0. The molecule has 0 saturated heterocycles.